The minimum atomic E-state index is -0.494. The Bertz CT molecular complexity index is 1410. The van der Waals surface area contributed by atoms with Crippen molar-refractivity contribution >= 4 is 23.1 Å². The van der Waals surface area contributed by atoms with Gasteiger partial charge >= 0.3 is 0 Å². The van der Waals surface area contributed by atoms with E-state index in [2.05, 4.69) is 49.9 Å². The van der Waals surface area contributed by atoms with Gasteiger partial charge in [-0.25, -0.2) is 0 Å². The fourth-order valence-corrected chi connectivity index (χ4v) is 6.12. The largest absolute Gasteiger partial charge is 0.344 e. The molecule has 3 aliphatic heterocycles. The van der Waals surface area contributed by atoms with E-state index in [9.17, 15) is 14.9 Å². The Labute approximate surface area is 225 Å². The van der Waals surface area contributed by atoms with E-state index in [-0.39, 0.29) is 16.9 Å². The zero-order valence-electron chi connectivity index (χ0n) is 22.6. The van der Waals surface area contributed by atoms with Crippen LogP contribution in [0.2, 0.25) is 0 Å². The van der Waals surface area contributed by atoms with Gasteiger partial charge in [-0.15, -0.1) is 0 Å². The van der Waals surface area contributed by atoms with Crippen LogP contribution in [0.25, 0.3) is 5.57 Å². The Morgan fingerprint density at radius 2 is 1.76 bits per heavy atom. The number of imide groups is 1. The number of unbranched alkanes of at least 4 members (excludes halogenated alkanes) is 3. The summed E-state index contributed by atoms with van der Waals surface area (Å²) in [5.41, 5.74) is 6.45. The molecule has 3 heterocycles. The van der Waals surface area contributed by atoms with Crippen LogP contribution in [0.4, 0.5) is 5.69 Å². The van der Waals surface area contributed by atoms with E-state index >= 15 is 0 Å². The van der Waals surface area contributed by atoms with E-state index in [1.165, 1.54) is 21.7 Å². The topological polar surface area (TPSA) is 64.4 Å². The molecule has 2 amide bonds. The molecule has 0 spiro atoms. The first-order valence-electron chi connectivity index (χ1n) is 13.8. The molecule has 0 fully saturated rings. The number of nitrogens with zero attached hydrogens (tertiary/aromatic N) is 3. The number of benzene rings is 2. The smallest absolute Gasteiger partial charge is 0.272 e. The third-order valence-corrected chi connectivity index (χ3v) is 8.09. The minimum Gasteiger partial charge on any atom is -0.344 e. The number of amides is 2. The molecule has 0 bridgehead atoms. The van der Waals surface area contributed by atoms with Gasteiger partial charge in [0.1, 0.15) is 11.6 Å². The zero-order valence-corrected chi connectivity index (χ0v) is 22.6. The van der Waals surface area contributed by atoms with Crippen LogP contribution in [-0.2, 0) is 21.4 Å². The molecular formula is C33H35N3O2. The lowest BCUT2D eigenvalue weighted by molar-refractivity contribution is -0.140. The second-order valence-corrected chi connectivity index (χ2v) is 10.9. The van der Waals surface area contributed by atoms with Gasteiger partial charge in [-0.05, 0) is 48.1 Å². The zero-order chi connectivity index (χ0) is 26.9. The maximum atomic E-state index is 13.9. The molecule has 3 aliphatic rings. The van der Waals surface area contributed by atoms with Crippen LogP contribution in [0.3, 0.4) is 0 Å². The van der Waals surface area contributed by atoms with Gasteiger partial charge in [0.25, 0.3) is 11.8 Å². The van der Waals surface area contributed by atoms with Gasteiger partial charge in [0.05, 0.1) is 0 Å². The molecule has 0 atom stereocenters. The average molecular weight is 506 g/mol. The van der Waals surface area contributed by atoms with Crippen LogP contribution < -0.4 is 4.90 Å². The second-order valence-electron chi connectivity index (χ2n) is 10.9. The van der Waals surface area contributed by atoms with E-state index in [4.69, 9.17) is 0 Å². The van der Waals surface area contributed by atoms with Crippen molar-refractivity contribution in [3.8, 4) is 6.07 Å². The Morgan fingerprint density at radius 3 is 2.50 bits per heavy atom. The summed E-state index contributed by atoms with van der Waals surface area (Å²) < 4.78 is 0. The highest BCUT2D eigenvalue weighted by Crippen LogP contribution is 2.51. The SMILES string of the molecule is CCCCCCN1C(=O)C(=CC=C2N3CCCc4cccc(c43)C2(C)C)C(c2ccccc2)=C(C#N)C1=O. The molecule has 0 unspecified atom stereocenters. The van der Waals surface area contributed by atoms with Crippen molar-refractivity contribution in [1.29, 1.82) is 5.26 Å². The van der Waals surface area contributed by atoms with Crippen molar-refractivity contribution in [3.05, 3.63) is 94.2 Å². The molecule has 0 radical (unpaired) electrons. The van der Waals surface area contributed by atoms with E-state index in [0.717, 1.165) is 50.8 Å². The van der Waals surface area contributed by atoms with Crippen molar-refractivity contribution in [3.63, 3.8) is 0 Å². The molecule has 5 nitrogen and oxygen atoms in total. The number of carbonyl (C=O) groups excluding carboxylic acids is 2. The van der Waals surface area contributed by atoms with Crippen molar-refractivity contribution in [2.75, 3.05) is 18.0 Å². The van der Waals surface area contributed by atoms with Crippen LogP contribution in [0.1, 0.15) is 69.6 Å². The molecule has 0 aliphatic carbocycles. The Hall–Kier alpha value is -3.91. The molecule has 0 saturated carbocycles. The molecule has 0 saturated heterocycles. The first kappa shape index (κ1) is 25.7. The number of anilines is 1. The lowest BCUT2D eigenvalue weighted by Gasteiger charge is -2.31. The van der Waals surface area contributed by atoms with Crippen molar-refractivity contribution in [2.45, 2.75) is 64.7 Å². The lowest BCUT2D eigenvalue weighted by Crippen LogP contribution is -2.43. The van der Waals surface area contributed by atoms with Crippen LogP contribution in [0.5, 0.6) is 0 Å². The van der Waals surface area contributed by atoms with Crippen LogP contribution >= 0.6 is 0 Å². The third kappa shape index (κ3) is 4.28. The number of rotatable bonds is 7. The number of allylic oxidation sites excluding steroid dienone is 3. The minimum absolute atomic E-state index is 0.0326. The Balaban J connectivity index is 1.63. The summed E-state index contributed by atoms with van der Waals surface area (Å²) in [5, 5.41) is 10.1. The predicted molar refractivity (Wildman–Crippen MR) is 151 cm³/mol. The van der Waals surface area contributed by atoms with Crippen molar-refractivity contribution < 1.29 is 9.59 Å². The van der Waals surface area contributed by atoms with Crippen molar-refractivity contribution in [2.24, 2.45) is 0 Å². The van der Waals surface area contributed by atoms with E-state index in [1.807, 2.05) is 42.5 Å². The molecule has 2 aromatic rings. The standard InChI is InChI=1S/C33H35N3O2/c1-4-5-6-10-20-36-31(37)25(29(26(22-34)32(36)38)23-13-8-7-9-14-23)18-19-28-33(2,3)27-17-11-15-24-16-12-21-35(28)30(24)27/h7-9,11,13-15,17-19H,4-6,10,12,16,20-21H2,1-3H3. The van der Waals surface area contributed by atoms with Crippen LogP contribution in [0, 0.1) is 11.3 Å². The molecule has 194 valence electrons. The maximum Gasteiger partial charge on any atom is 0.272 e. The maximum absolute atomic E-state index is 13.9. The van der Waals surface area contributed by atoms with Gasteiger partial charge in [0.2, 0.25) is 0 Å². The summed E-state index contributed by atoms with van der Waals surface area (Å²) in [5.74, 6) is -0.819. The van der Waals surface area contributed by atoms with Gasteiger partial charge < -0.3 is 4.90 Å². The average Bonchev–Trinajstić information content (AvgIpc) is 3.15. The van der Waals surface area contributed by atoms with Crippen LogP contribution in [0.15, 0.2) is 77.5 Å². The second kappa shape index (κ2) is 10.5. The normalized spacial score (nSPS) is 20.4. The Morgan fingerprint density at radius 1 is 0.974 bits per heavy atom. The molecule has 38 heavy (non-hydrogen) atoms. The van der Waals surface area contributed by atoms with E-state index < -0.39 is 5.91 Å². The summed E-state index contributed by atoms with van der Waals surface area (Å²) >= 11 is 0. The summed E-state index contributed by atoms with van der Waals surface area (Å²) in [6.07, 6.45) is 9.84. The highest BCUT2D eigenvalue weighted by molar-refractivity contribution is 6.27. The number of carbonyl (C=O) groups is 2. The van der Waals surface area contributed by atoms with Gasteiger partial charge in [-0.1, -0.05) is 88.6 Å². The number of nitriles is 1. The Kier molecular flexibility index (Phi) is 7.08. The highest BCUT2D eigenvalue weighted by Gasteiger charge is 2.42. The van der Waals surface area contributed by atoms with Gasteiger partial charge in [-0.2, -0.15) is 5.26 Å². The molecule has 5 heteroatoms. The van der Waals surface area contributed by atoms with Gasteiger partial charge in [0, 0.05) is 41.0 Å². The first-order valence-corrected chi connectivity index (χ1v) is 13.8. The highest BCUT2D eigenvalue weighted by atomic mass is 16.2. The van der Waals surface area contributed by atoms with Crippen LogP contribution in [-0.4, -0.2) is 29.8 Å². The quantitative estimate of drug-likeness (QED) is 0.246. The summed E-state index contributed by atoms with van der Waals surface area (Å²) in [6.45, 7) is 7.84. The fraction of sp³-hybridized carbons (Fsp3) is 0.364. The number of para-hydroxylation sites is 1. The number of hydrogen-bond acceptors (Lipinski definition) is 4. The lowest BCUT2D eigenvalue weighted by atomic mass is 9.82. The van der Waals surface area contributed by atoms with E-state index in [0.29, 0.717) is 23.3 Å². The summed E-state index contributed by atoms with van der Waals surface area (Å²) in [7, 11) is 0. The van der Waals surface area contributed by atoms with E-state index in [1.54, 1.807) is 0 Å². The third-order valence-electron chi connectivity index (χ3n) is 8.09. The molecule has 0 aromatic heterocycles. The number of hydrogen-bond donors (Lipinski definition) is 0. The van der Waals surface area contributed by atoms with Crippen molar-refractivity contribution in [1.82, 2.24) is 4.90 Å². The first-order chi connectivity index (χ1) is 18.4. The molecular weight excluding hydrogens is 470 g/mol. The molecule has 5 rings (SSSR count). The molecule has 2 aromatic carbocycles. The molecule has 0 N–H and O–H groups in total. The fourth-order valence-electron chi connectivity index (χ4n) is 6.12. The van der Waals surface area contributed by atoms with Gasteiger partial charge in [0.15, 0.2) is 0 Å². The summed E-state index contributed by atoms with van der Waals surface area (Å²) in [4.78, 5) is 31.0. The summed E-state index contributed by atoms with van der Waals surface area (Å²) in [6, 6.07) is 18.0. The predicted octanol–water partition coefficient (Wildman–Crippen LogP) is 6.47. The monoisotopic (exact) mass is 505 g/mol. The number of aryl methyl sites for hydroxylation is 1. The van der Waals surface area contributed by atoms with Gasteiger partial charge in [-0.3, -0.25) is 14.5 Å².